The van der Waals surface area contributed by atoms with Crippen LogP contribution in [0, 0.1) is 6.92 Å². The van der Waals surface area contributed by atoms with Crippen molar-refractivity contribution in [2.24, 2.45) is 0 Å². The van der Waals surface area contributed by atoms with Gasteiger partial charge in [-0.1, -0.05) is 0 Å². The zero-order valence-electron chi connectivity index (χ0n) is 10.3. The fourth-order valence-corrected chi connectivity index (χ4v) is 1.46. The number of hydrogen-bond acceptors (Lipinski definition) is 5. The largest absolute Gasteiger partial charge is 0.466 e. The first-order valence-corrected chi connectivity index (χ1v) is 5.58. The summed E-state index contributed by atoms with van der Waals surface area (Å²) in [6, 6.07) is 0. The third-order valence-electron chi connectivity index (χ3n) is 2.30. The van der Waals surface area contributed by atoms with Crippen LogP contribution in [0.15, 0.2) is 15.8 Å². The van der Waals surface area contributed by atoms with Crippen molar-refractivity contribution in [3.8, 4) is 0 Å². The number of carbonyl (C=O) groups excluding carboxylic acids is 1. The Labute approximate surface area is 103 Å². The monoisotopic (exact) mass is 256 g/mol. The molecule has 0 fully saturated rings. The number of aliphatic hydroxyl groups is 1. The Morgan fingerprint density at radius 1 is 1.56 bits per heavy atom. The molecule has 1 aromatic heterocycles. The van der Waals surface area contributed by atoms with E-state index >= 15 is 0 Å². The fourth-order valence-electron chi connectivity index (χ4n) is 1.46. The molecule has 18 heavy (non-hydrogen) atoms. The smallest absolute Gasteiger partial charge is 0.328 e. The second-order valence-electron chi connectivity index (χ2n) is 3.89. The molecule has 1 atom stereocenters. The summed E-state index contributed by atoms with van der Waals surface area (Å²) >= 11 is 0. The van der Waals surface area contributed by atoms with E-state index in [9.17, 15) is 19.5 Å². The fraction of sp³-hybridized carbons (Fsp3) is 0.545. The molecule has 1 unspecified atom stereocenters. The Bertz CT molecular complexity index is 531. The van der Waals surface area contributed by atoms with E-state index in [1.54, 1.807) is 13.8 Å². The number of ether oxygens (including phenoxy) is 1. The van der Waals surface area contributed by atoms with Gasteiger partial charge in [-0.2, -0.15) is 0 Å². The van der Waals surface area contributed by atoms with Gasteiger partial charge in [0.1, 0.15) is 0 Å². The summed E-state index contributed by atoms with van der Waals surface area (Å²) < 4.78 is 5.83. The number of hydrogen-bond donors (Lipinski definition) is 2. The van der Waals surface area contributed by atoms with E-state index in [2.05, 4.69) is 9.72 Å². The molecule has 0 saturated carbocycles. The molecule has 1 heterocycles. The minimum atomic E-state index is -1.04. The minimum absolute atomic E-state index is 0.0741. The zero-order valence-corrected chi connectivity index (χ0v) is 10.3. The maximum absolute atomic E-state index is 11.4. The van der Waals surface area contributed by atoms with Gasteiger partial charge in [0.25, 0.3) is 5.56 Å². The third-order valence-corrected chi connectivity index (χ3v) is 2.30. The van der Waals surface area contributed by atoms with Crippen molar-refractivity contribution in [2.75, 3.05) is 6.61 Å². The summed E-state index contributed by atoms with van der Waals surface area (Å²) in [4.78, 5) is 35.8. The van der Waals surface area contributed by atoms with Gasteiger partial charge in [0.05, 0.1) is 25.7 Å². The number of rotatable bonds is 5. The summed E-state index contributed by atoms with van der Waals surface area (Å²) in [7, 11) is 0. The maximum Gasteiger partial charge on any atom is 0.328 e. The highest BCUT2D eigenvalue weighted by molar-refractivity contribution is 5.69. The third kappa shape index (κ3) is 3.85. The Morgan fingerprint density at radius 3 is 2.83 bits per heavy atom. The summed E-state index contributed by atoms with van der Waals surface area (Å²) in [5.74, 6) is -0.529. The van der Waals surface area contributed by atoms with E-state index in [4.69, 9.17) is 0 Å². The highest BCUT2D eigenvalue weighted by Gasteiger charge is 2.13. The summed E-state index contributed by atoms with van der Waals surface area (Å²) in [6.07, 6.45) is 0.112. The van der Waals surface area contributed by atoms with E-state index in [0.29, 0.717) is 5.56 Å². The second kappa shape index (κ2) is 6.15. The van der Waals surface area contributed by atoms with Gasteiger partial charge < -0.3 is 9.84 Å². The Balaban J connectivity index is 2.73. The molecule has 2 N–H and O–H groups in total. The maximum atomic E-state index is 11.4. The molecule has 0 aliphatic carbocycles. The molecular formula is C11H16N2O5. The van der Waals surface area contributed by atoms with Crippen molar-refractivity contribution in [2.45, 2.75) is 32.9 Å². The van der Waals surface area contributed by atoms with Crippen LogP contribution in [-0.2, 0) is 16.1 Å². The molecule has 0 aliphatic heterocycles. The number of nitrogens with zero attached hydrogens (tertiary/aromatic N) is 1. The number of H-pyrrole nitrogens is 1. The van der Waals surface area contributed by atoms with Gasteiger partial charge in [-0.3, -0.25) is 19.1 Å². The predicted octanol–water partition coefficient (Wildman–Crippen LogP) is -0.841. The van der Waals surface area contributed by atoms with Crippen molar-refractivity contribution in [3.05, 3.63) is 32.6 Å². The van der Waals surface area contributed by atoms with Crippen LogP contribution in [0.1, 0.15) is 18.9 Å². The molecule has 1 aromatic rings. The lowest BCUT2D eigenvalue weighted by atomic mass is 10.2. The highest BCUT2D eigenvalue weighted by atomic mass is 16.5. The van der Waals surface area contributed by atoms with Gasteiger partial charge in [0, 0.05) is 11.8 Å². The topological polar surface area (TPSA) is 101 Å². The lowest BCUT2D eigenvalue weighted by Gasteiger charge is -2.11. The van der Waals surface area contributed by atoms with Crippen LogP contribution in [0.3, 0.4) is 0 Å². The first-order chi connectivity index (χ1) is 8.43. The van der Waals surface area contributed by atoms with Crippen LogP contribution in [0.2, 0.25) is 0 Å². The highest BCUT2D eigenvalue weighted by Crippen LogP contribution is 1.98. The summed E-state index contributed by atoms with van der Waals surface area (Å²) in [6.45, 7) is 3.38. The quantitative estimate of drug-likeness (QED) is 0.669. The molecule has 0 spiro atoms. The Kier molecular flexibility index (Phi) is 4.85. The van der Waals surface area contributed by atoms with Gasteiger partial charge in [-0.25, -0.2) is 4.79 Å². The number of aromatic nitrogens is 2. The number of aliphatic hydroxyl groups excluding tert-OH is 1. The van der Waals surface area contributed by atoms with E-state index in [-0.39, 0.29) is 19.6 Å². The molecular weight excluding hydrogens is 240 g/mol. The minimum Gasteiger partial charge on any atom is -0.466 e. The van der Waals surface area contributed by atoms with Gasteiger partial charge >= 0.3 is 11.7 Å². The lowest BCUT2D eigenvalue weighted by molar-refractivity contribution is -0.145. The molecule has 7 nitrogen and oxygen atoms in total. The number of nitrogens with one attached hydrogen (secondary N) is 1. The van der Waals surface area contributed by atoms with Crippen LogP contribution in [0.4, 0.5) is 0 Å². The average Bonchev–Trinajstić information content (AvgIpc) is 2.26. The number of aromatic amines is 1. The number of carbonyl (C=O) groups is 1. The first kappa shape index (κ1) is 14.2. The normalized spacial score (nSPS) is 12.2. The van der Waals surface area contributed by atoms with Crippen LogP contribution in [0.25, 0.3) is 0 Å². The van der Waals surface area contributed by atoms with Gasteiger partial charge in [0.2, 0.25) is 0 Å². The summed E-state index contributed by atoms with van der Waals surface area (Å²) in [5.41, 5.74) is -0.720. The van der Waals surface area contributed by atoms with Crippen molar-refractivity contribution in [3.63, 3.8) is 0 Å². The van der Waals surface area contributed by atoms with Gasteiger partial charge in [-0.05, 0) is 13.8 Å². The molecule has 100 valence electrons. The van der Waals surface area contributed by atoms with E-state index in [1.165, 1.54) is 6.20 Å². The van der Waals surface area contributed by atoms with Crippen LogP contribution < -0.4 is 11.2 Å². The number of aryl methyl sites for hydroxylation is 1. The van der Waals surface area contributed by atoms with Crippen molar-refractivity contribution in [1.29, 1.82) is 0 Å². The van der Waals surface area contributed by atoms with E-state index in [1.807, 2.05) is 0 Å². The first-order valence-electron chi connectivity index (χ1n) is 5.58. The Hall–Kier alpha value is -1.89. The summed E-state index contributed by atoms with van der Waals surface area (Å²) in [5, 5.41) is 9.63. The van der Waals surface area contributed by atoms with Gasteiger partial charge in [-0.15, -0.1) is 0 Å². The van der Waals surface area contributed by atoms with Crippen LogP contribution in [-0.4, -0.2) is 33.3 Å². The SMILES string of the molecule is CCOC(=O)CC(O)Cn1cc(C)c(=O)[nH]c1=O. The molecule has 0 aliphatic rings. The molecule has 7 heteroatoms. The van der Waals surface area contributed by atoms with Crippen molar-refractivity contribution >= 4 is 5.97 Å². The zero-order chi connectivity index (χ0) is 13.7. The van der Waals surface area contributed by atoms with E-state index in [0.717, 1.165) is 4.57 Å². The molecule has 0 bridgehead atoms. The Morgan fingerprint density at radius 2 is 2.22 bits per heavy atom. The standard InChI is InChI=1S/C11H16N2O5/c1-3-18-9(15)4-8(14)6-13-5-7(2)10(16)12-11(13)17/h5,8,14H,3-4,6H2,1-2H3,(H,12,16,17). The molecule has 0 aromatic carbocycles. The molecule has 1 rings (SSSR count). The second-order valence-corrected chi connectivity index (χ2v) is 3.89. The predicted molar refractivity (Wildman–Crippen MR) is 63.3 cm³/mol. The number of esters is 1. The molecule has 0 radical (unpaired) electrons. The van der Waals surface area contributed by atoms with Gasteiger partial charge in [0.15, 0.2) is 0 Å². The molecule has 0 amide bonds. The van der Waals surface area contributed by atoms with Crippen LogP contribution in [0.5, 0.6) is 0 Å². The van der Waals surface area contributed by atoms with Crippen LogP contribution >= 0.6 is 0 Å². The average molecular weight is 256 g/mol. The molecule has 0 saturated heterocycles. The lowest BCUT2D eigenvalue weighted by Crippen LogP contribution is -2.34. The van der Waals surface area contributed by atoms with E-state index < -0.39 is 23.3 Å². The van der Waals surface area contributed by atoms with Crippen molar-refractivity contribution in [1.82, 2.24) is 9.55 Å². The van der Waals surface area contributed by atoms with Crippen molar-refractivity contribution < 1.29 is 14.6 Å².